The van der Waals surface area contributed by atoms with Gasteiger partial charge in [-0.05, 0) is 25.8 Å². The molecule has 1 aromatic heterocycles. The predicted octanol–water partition coefficient (Wildman–Crippen LogP) is 2.38. The lowest BCUT2D eigenvalue weighted by Gasteiger charge is -2.24. The number of likely N-dealkylation sites (tertiary alicyclic amines) is 1. The second-order valence-corrected chi connectivity index (χ2v) is 5.63. The highest BCUT2D eigenvalue weighted by Gasteiger charge is 2.29. The van der Waals surface area contributed by atoms with Gasteiger partial charge in [-0.25, -0.2) is 4.98 Å². The Balaban J connectivity index is 1.76. The molecule has 112 valence electrons. The van der Waals surface area contributed by atoms with Crippen molar-refractivity contribution in [3.05, 3.63) is 36.2 Å². The van der Waals surface area contributed by atoms with Gasteiger partial charge in [-0.2, -0.15) is 5.10 Å². The molecule has 1 fully saturated rings. The van der Waals surface area contributed by atoms with E-state index in [1.54, 1.807) is 0 Å². The topological polar surface area (TPSA) is 65.0 Å². The van der Waals surface area contributed by atoms with Crippen LogP contribution in [0.5, 0.6) is 0 Å². The molecule has 0 bridgehead atoms. The van der Waals surface area contributed by atoms with Crippen molar-refractivity contribution in [2.45, 2.75) is 38.3 Å². The highest BCUT2D eigenvalue weighted by atomic mass is 16.3. The van der Waals surface area contributed by atoms with Crippen molar-refractivity contribution in [3.8, 4) is 11.4 Å². The summed E-state index contributed by atoms with van der Waals surface area (Å²) in [4.78, 5) is 6.96. The molecule has 2 atom stereocenters. The van der Waals surface area contributed by atoms with Crippen LogP contribution in [0, 0.1) is 0 Å². The monoisotopic (exact) mass is 286 g/mol. The van der Waals surface area contributed by atoms with E-state index in [9.17, 15) is 5.11 Å². The SMILES string of the molecule is CC[C@@H](O)CN1CCC[C@@H]1c1nc(-c2ccccc2)n[nH]1. The van der Waals surface area contributed by atoms with Gasteiger partial charge in [0.15, 0.2) is 5.82 Å². The first kappa shape index (κ1) is 14.2. The van der Waals surface area contributed by atoms with Gasteiger partial charge in [0, 0.05) is 12.1 Å². The molecule has 5 heteroatoms. The van der Waals surface area contributed by atoms with Crippen LogP contribution in [0.15, 0.2) is 30.3 Å². The van der Waals surface area contributed by atoms with Crippen LogP contribution in [0.25, 0.3) is 11.4 Å². The van der Waals surface area contributed by atoms with Crippen LogP contribution >= 0.6 is 0 Å². The average molecular weight is 286 g/mol. The summed E-state index contributed by atoms with van der Waals surface area (Å²) >= 11 is 0. The maximum Gasteiger partial charge on any atom is 0.181 e. The van der Waals surface area contributed by atoms with Crippen molar-refractivity contribution >= 4 is 0 Å². The fourth-order valence-corrected chi connectivity index (χ4v) is 2.89. The molecule has 0 unspecified atom stereocenters. The molecule has 21 heavy (non-hydrogen) atoms. The average Bonchev–Trinajstić information content (AvgIpc) is 3.16. The lowest BCUT2D eigenvalue weighted by molar-refractivity contribution is 0.101. The summed E-state index contributed by atoms with van der Waals surface area (Å²) in [6.45, 7) is 3.74. The summed E-state index contributed by atoms with van der Waals surface area (Å²) in [5.41, 5.74) is 1.03. The Morgan fingerprint density at radius 3 is 2.95 bits per heavy atom. The van der Waals surface area contributed by atoms with Gasteiger partial charge in [0.1, 0.15) is 5.82 Å². The number of benzene rings is 1. The van der Waals surface area contributed by atoms with Crippen LogP contribution in [0.4, 0.5) is 0 Å². The fourth-order valence-electron chi connectivity index (χ4n) is 2.89. The molecule has 1 saturated heterocycles. The molecule has 2 heterocycles. The standard InChI is InChI=1S/C16H22N4O/c1-2-13(21)11-20-10-6-9-14(20)16-17-15(18-19-16)12-7-4-3-5-8-12/h3-5,7-8,13-14,21H,2,6,9-11H2,1H3,(H,17,18,19)/t13-,14-/m1/s1. The van der Waals surface area contributed by atoms with Crippen LogP contribution in [0.2, 0.25) is 0 Å². The number of nitrogens with zero attached hydrogens (tertiary/aromatic N) is 3. The summed E-state index contributed by atoms with van der Waals surface area (Å²) in [6.07, 6.45) is 2.74. The van der Waals surface area contributed by atoms with E-state index in [-0.39, 0.29) is 12.1 Å². The van der Waals surface area contributed by atoms with Gasteiger partial charge in [-0.15, -0.1) is 0 Å². The molecule has 5 nitrogen and oxygen atoms in total. The number of aliphatic hydroxyl groups excluding tert-OH is 1. The second kappa shape index (κ2) is 6.37. The minimum Gasteiger partial charge on any atom is -0.392 e. The maximum absolute atomic E-state index is 9.88. The largest absolute Gasteiger partial charge is 0.392 e. The summed E-state index contributed by atoms with van der Waals surface area (Å²) in [5.74, 6) is 1.66. The molecular weight excluding hydrogens is 264 g/mol. The zero-order valence-electron chi connectivity index (χ0n) is 12.4. The van der Waals surface area contributed by atoms with E-state index in [0.29, 0.717) is 6.54 Å². The van der Waals surface area contributed by atoms with Crippen LogP contribution in [0.3, 0.4) is 0 Å². The third-order valence-electron chi connectivity index (χ3n) is 4.13. The van der Waals surface area contributed by atoms with Crippen molar-refractivity contribution in [1.29, 1.82) is 0 Å². The summed E-state index contributed by atoms with van der Waals surface area (Å²) in [7, 11) is 0. The van der Waals surface area contributed by atoms with E-state index in [0.717, 1.165) is 43.0 Å². The molecule has 1 aromatic carbocycles. The number of rotatable bonds is 5. The van der Waals surface area contributed by atoms with Gasteiger partial charge in [0.2, 0.25) is 0 Å². The Hall–Kier alpha value is -1.72. The fraction of sp³-hybridized carbons (Fsp3) is 0.500. The van der Waals surface area contributed by atoms with Crippen molar-refractivity contribution in [3.63, 3.8) is 0 Å². The molecule has 0 aliphatic carbocycles. The van der Waals surface area contributed by atoms with Gasteiger partial charge in [-0.1, -0.05) is 37.3 Å². The third-order valence-corrected chi connectivity index (χ3v) is 4.13. The smallest absolute Gasteiger partial charge is 0.181 e. The lowest BCUT2D eigenvalue weighted by atomic mass is 10.2. The number of aromatic nitrogens is 3. The summed E-state index contributed by atoms with van der Waals surface area (Å²) < 4.78 is 0. The van der Waals surface area contributed by atoms with Crippen LogP contribution in [-0.4, -0.2) is 44.4 Å². The number of nitrogens with one attached hydrogen (secondary N) is 1. The molecule has 0 amide bonds. The van der Waals surface area contributed by atoms with E-state index >= 15 is 0 Å². The highest BCUT2D eigenvalue weighted by Crippen LogP contribution is 2.30. The molecule has 0 radical (unpaired) electrons. The minimum absolute atomic E-state index is 0.246. The number of hydrogen-bond donors (Lipinski definition) is 2. The van der Waals surface area contributed by atoms with Crippen LogP contribution < -0.4 is 0 Å². The van der Waals surface area contributed by atoms with Gasteiger partial charge in [0.25, 0.3) is 0 Å². The summed E-state index contributed by atoms with van der Waals surface area (Å²) in [6, 6.07) is 10.2. The predicted molar refractivity (Wildman–Crippen MR) is 81.7 cm³/mol. The quantitative estimate of drug-likeness (QED) is 0.885. The van der Waals surface area contributed by atoms with Crippen molar-refractivity contribution < 1.29 is 5.11 Å². The Bertz CT molecular complexity index is 569. The number of aromatic amines is 1. The second-order valence-electron chi connectivity index (χ2n) is 5.63. The minimum atomic E-state index is -0.262. The molecule has 1 aliphatic rings. The van der Waals surface area contributed by atoms with Crippen molar-refractivity contribution in [2.75, 3.05) is 13.1 Å². The first-order chi connectivity index (χ1) is 10.3. The van der Waals surface area contributed by atoms with Crippen molar-refractivity contribution in [2.24, 2.45) is 0 Å². The Morgan fingerprint density at radius 2 is 2.19 bits per heavy atom. The van der Waals surface area contributed by atoms with E-state index < -0.39 is 0 Å². The van der Waals surface area contributed by atoms with Gasteiger partial charge in [0.05, 0.1) is 12.1 Å². The van der Waals surface area contributed by atoms with Crippen molar-refractivity contribution in [1.82, 2.24) is 20.1 Å². The number of aliphatic hydroxyl groups is 1. The number of hydrogen-bond acceptors (Lipinski definition) is 4. The summed E-state index contributed by atoms with van der Waals surface area (Å²) in [5, 5.41) is 17.3. The number of H-pyrrole nitrogens is 1. The molecule has 0 saturated carbocycles. The Kier molecular flexibility index (Phi) is 4.31. The molecular formula is C16H22N4O. The maximum atomic E-state index is 9.88. The zero-order valence-corrected chi connectivity index (χ0v) is 12.4. The Labute approximate surface area is 125 Å². The number of β-amino-alcohol motifs (C(OH)–C–C–N with tert-alkyl or cyclic N) is 1. The molecule has 3 rings (SSSR count). The van der Waals surface area contributed by atoms with E-state index in [1.165, 1.54) is 0 Å². The van der Waals surface area contributed by atoms with Crippen LogP contribution in [0.1, 0.15) is 38.1 Å². The molecule has 2 aromatic rings. The normalized spacial score (nSPS) is 20.8. The van der Waals surface area contributed by atoms with E-state index in [4.69, 9.17) is 0 Å². The highest BCUT2D eigenvalue weighted by molar-refractivity contribution is 5.53. The molecule has 0 spiro atoms. The third kappa shape index (κ3) is 3.14. The lowest BCUT2D eigenvalue weighted by Crippen LogP contribution is -2.32. The van der Waals surface area contributed by atoms with Crippen LogP contribution in [-0.2, 0) is 0 Å². The van der Waals surface area contributed by atoms with Gasteiger partial charge in [-0.3, -0.25) is 10.00 Å². The first-order valence-corrected chi connectivity index (χ1v) is 7.67. The van der Waals surface area contributed by atoms with Gasteiger partial charge < -0.3 is 5.11 Å². The van der Waals surface area contributed by atoms with E-state index in [2.05, 4.69) is 20.1 Å². The zero-order chi connectivity index (χ0) is 14.7. The first-order valence-electron chi connectivity index (χ1n) is 7.67. The van der Waals surface area contributed by atoms with Gasteiger partial charge >= 0.3 is 0 Å². The molecule has 2 N–H and O–H groups in total. The Morgan fingerprint density at radius 1 is 1.38 bits per heavy atom. The molecule has 1 aliphatic heterocycles. The van der Waals surface area contributed by atoms with E-state index in [1.807, 2.05) is 37.3 Å².